The third-order valence-corrected chi connectivity index (χ3v) is 2.77. The van der Waals surface area contributed by atoms with Gasteiger partial charge in [0.15, 0.2) is 6.61 Å². The Morgan fingerprint density at radius 2 is 2.24 bits per heavy atom. The van der Waals surface area contributed by atoms with Crippen LogP contribution in [0.3, 0.4) is 0 Å². The van der Waals surface area contributed by atoms with E-state index < -0.39 is 0 Å². The van der Waals surface area contributed by atoms with Crippen molar-refractivity contribution in [2.45, 2.75) is 20.1 Å². The lowest BCUT2D eigenvalue weighted by Gasteiger charge is -2.07. The Balaban J connectivity index is 2.04. The Labute approximate surface area is 107 Å². The number of hydrogen-bond donors (Lipinski definition) is 1. The van der Waals surface area contributed by atoms with E-state index in [9.17, 15) is 0 Å². The van der Waals surface area contributed by atoms with Crippen molar-refractivity contribution >= 4 is 15.9 Å². The molecule has 0 atom stereocenters. The quantitative estimate of drug-likeness (QED) is 0.936. The van der Waals surface area contributed by atoms with E-state index in [4.69, 9.17) is 14.9 Å². The van der Waals surface area contributed by atoms with E-state index in [1.165, 1.54) is 0 Å². The summed E-state index contributed by atoms with van der Waals surface area (Å²) in [7, 11) is 0. The van der Waals surface area contributed by atoms with Crippen LogP contribution >= 0.6 is 15.9 Å². The molecule has 0 saturated carbocycles. The molecule has 0 bridgehead atoms. The van der Waals surface area contributed by atoms with Crippen LogP contribution in [0.15, 0.2) is 27.1 Å². The summed E-state index contributed by atoms with van der Waals surface area (Å²) in [6.45, 7) is 2.49. The average Bonchev–Trinajstić information content (AvgIpc) is 2.73. The van der Waals surface area contributed by atoms with Gasteiger partial charge in [-0.1, -0.05) is 6.07 Å². The fraction of sp³-hybridized carbons (Fsp3) is 0.273. The van der Waals surface area contributed by atoms with Crippen molar-refractivity contribution in [1.29, 1.82) is 0 Å². The smallest absolute Gasteiger partial charge is 0.253 e. The third kappa shape index (κ3) is 3.04. The lowest BCUT2D eigenvalue weighted by atomic mass is 10.2. The molecular formula is C11H12BrN3O2. The summed E-state index contributed by atoms with van der Waals surface area (Å²) in [6, 6.07) is 5.70. The first-order valence-electron chi connectivity index (χ1n) is 5.09. The van der Waals surface area contributed by atoms with Gasteiger partial charge in [0.2, 0.25) is 5.89 Å². The Hall–Kier alpha value is -1.40. The summed E-state index contributed by atoms with van der Waals surface area (Å²) in [5.41, 5.74) is 6.58. The number of ether oxygens (including phenoxy) is 1. The van der Waals surface area contributed by atoms with Gasteiger partial charge in [0, 0.05) is 13.5 Å². The van der Waals surface area contributed by atoms with Crippen LogP contribution < -0.4 is 10.5 Å². The van der Waals surface area contributed by atoms with Gasteiger partial charge in [-0.05, 0) is 33.6 Å². The van der Waals surface area contributed by atoms with Crippen LogP contribution in [0.25, 0.3) is 0 Å². The zero-order chi connectivity index (χ0) is 12.3. The molecule has 0 unspecified atom stereocenters. The lowest BCUT2D eigenvalue weighted by Crippen LogP contribution is -1.99. The van der Waals surface area contributed by atoms with Gasteiger partial charge in [-0.15, -0.1) is 10.2 Å². The second kappa shape index (κ2) is 5.29. The number of hydrogen-bond acceptors (Lipinski definition) is 5. The van der Waals surface area contributed by atoms with Crippen molar-refractivity contribution in [2.75, 3.05) is 0 Å². The predicted molar refractivity (Wildman–Crippen MR) is 65.4 cm³/mol. The van der Waals surface area contributed by atoms with Crippen LogP contribution in [0.2, 0.25) is 0 Å². The predicted octanol–water partition coefficient (Wildman–Crippen LogP) is 2.18. The molecular weight excluding hydrogens is 286 g/mol. The van der Waals surface area contributed by atoms with Gasteiger partial charge < -0.3 is 14.9 Å². The number of aryl methyl sites for hydroxylation is 1. The second-order valence-electron chi connectivity index (χ2n) is 3.47. The van der Waals surface area contributed by atoms with E-state index in [1.54, 1.807) is 6.92 Å². The highest BCUT2D eigenvalue weighted by atomic mass is 79.9. The zero-order valence-corrected chi connectivity index (χ0v) is 10.9. The van der Waals surface area contributed by atoms with E-state index in [2.05, 4.69) is 26.1 Å². The Morgan fingerprint density at radius 3 is 2.82 bits per heavy atom. The van der Waals surface area contributed by atoms with Gasteiger partial charge in [-0.3, -0.25) is 0 Å². The molecule has 2 N–H and O–H groups in total. The van der Waals surface area contributed by atoms with Crippen LogP contribution in [-0.2, 0) is 13.2 Å². The molecule has 0 aliphatic heterocycles. The molecule has 6 heteroatoms. The van der Waals surface area contributed by atoms with E-state index >= 15 is 0 Å². The minimum absolute atomic E-state index is 0.251. The van der Waals surface area contributed by atoms with Crippen molar-refractivity contribution < 1.29 is 9.15 Å². The van der Waals surface area contributed by atoms with Gasteiger partial charge in [-0.25, -0.2) is 0 Å². The standard InChI is InChI=1S/C11H12BrN3O2/c1-7-14-15-11(17-7)6-16-10-3-2-8(5-13)4-9(10)12/h2-4H,5-6,13H2,1H3. The second-order valence-corrected chi connectivity index (χ2v) is 4.33. The molecule has 0 aliphatic rings. The highest BCUT2D eigenvalue weighted by molar-refractivity contribution is 9.10. The van der Waals surface area contributed by atoms with Crippen molar-refractivity contribution in [1.82, 2.24) is 10.2 Å². The molecule has 17 heavy (non-hydrogen) atoms. The molecule has 1 heterocycles. The van der Waals surface area contributed by atoms with Crippen LogP contribution in [0.1, 0.15) is 17.3 Å². The molecule has 0 radical (unpaired) electrons. The maximum absolute atomic E-state index is 5.55. The molecule has 2 rings (SSSR count). The van der Waals surface area contributed by atoms with Crippen molar-refractivity contribution in [3.63, 3.8) is 0 Å². The molecule has 0 saturated heterocycles. The number of benzene rings is 1. The number of aromatic nitrogens is 2. The molecule has 1 aromatic carbocycles. The first kappa shape index (κ1) is 12.1. The minimum Gasteiger partial charge on any atom is -0.483 e. The summed E-state index contributed by atoms with van der Waals surface area (Å²) in [6.07, 6.45) is 0. The first-order chi connectivity index (χ1) is 8.19. The van der Waals surface area contributed by atoms with Crippen LogP contribution in [0.4, 0.5) is 0 Å². The molecule has 5 nitrogen and oxygen atoms in total. The summed E-state index contributed by atoms with van der Waals surface area (Å²) >= 11 is 3.42. The third-order valence-electron chi connectivity index (χ3n) is 2.15. The Kier molecular flexibility index (Phi) is 3.75. The van der Waals surface area contributed by atoms with Gasteiger partial charge in [0.05, 0.1) is 4.47 Å². The maximum Gasteiger partial charge on any atom is 0.253 e. The highest BCUT2D eigenvalue weighted by Crippen LogP contribution is 2.26. The van der Waals surface area contributed by atoms with Crippen molar-refractivity contribution in [3.8, 4) is 5.75 Å². The average molecular weight is 298 g/mol. The first-order valence-corrected chi connectivity index (χ1v) is 5.88. The molecule has 1 aromatic heterocycles. The molecule has 0 aliphatic carbocycles. The summed E-state index contributed by atoms with van der Waals surface area (Å²) in [5, 5.41) is 7.57. The van der Waals surface area contributed by atoms with Crippen molar-refractivity contribution in [2.24, 2.45) is 5.73 Å². The van der Waals surface area contributed by atoms with E-state index in [0.717, 1.165) is 15.8 Å². The maximum atomic E-state index is 5.55. The molecule has 0 spiro atoms. The van der Waals surface area contributed by atoms with Gasteiger partial charge in [0.25, 0.3) is 5.89 Å². The number of halogens is 1. The van der Waals surface area contributed by atoms with Gasteiger partial charge in [-0.2, -0.15) is 0 Å². The fourth-order valence-electron chi connectivity index (χ4n) is 1.32. The Bertz CT molecular complexity index is 513. The number of nitrogens with zero attached hydrogens (tertiary/aromatic N) is 2. The normalized spacial score (nSPS) is 10.5. The zero-order valence-electron chi connectivity index (χ0n) is 9.31. The largest absolute Gasteiger partial charge is 0.483 e. The minimum atomic E-state index is 0.251. The van der Waals surface area contributed by atoms with Gasteiger partial charge >= 0.3 is 0 Å². The van der Waals surface area contributed by atoms with Crippen LogP contribution in [0, 0.1) is 6.92 Å². The fourth-order valence-corrected chi connectivity index (χ4v) is 1.86. The van der Waals surface area contributed by atoms with Gasteiger partial charge in [0.1, 0.15) is 5.75 Å². The number of rotatable bonds is 4. The van der Waals surface area contributed by atoms with Crippen LogP contribution in [0.5, 0.6) is 5.75 Å². The van der Waals surface area contributed by atoms with Crippen LogP contribution in [-0.4, -0.2) is 10.2 Å². The molecule has 0 amide bonds. The summed E-state index contributed by atoms with van der Waals surface area (Å²) < 4.78 is 11.6. The molecule has 0 fully saturated rings. The topological polar surface area (TPSA) is 74.2 Å². The summed E-state index contributed by atoms with van der Waals surface area (Å²) in [5.74, 6) is 1.71. The number of nitrogens with two attached hydrogens (primary N) is 1. The van der Waals surface area contributed by atoms with E-state index in [1.807, 2.05) is 18.2 Å². The molecule has 2 aromatic rings. The Morgan fingerprint density at radius 1 is 1.41 bits per heavy atom. The van der Waals surface area contributed by atoms with E-state index in [0.29, 0.717) is 18.3 Å². The monoisotopic (exact) mass is 297 g/mol. The highest BCUT2D eigenvalue weighted by Gasteiger charge is 2.06. The SMILES string of the molecule is Cc1nnc(COc2ccc(CN)cc2Br)o1. The van der Waals surface area contributed by atoms with E-state index in [-0.39, 0.29) is 6.61 Å². The van der Waals surface area contributed by atoms with Crippen molar-refractivity contribution in [3.05, 3.63) is 40.0 Å². The molecule has 90 valence electrons. The summed E-state index contributed by atoms with van der Waals surface area (Å²) in [4.78, 5) is 0. The lowest BCUT2D eigenvalue weighted by molar-refractivity contribution is 0.259.